The van der Waals surface area contributed by atoms with E-state index in [1.54, 1.807) is 12.1 Å². The number of hydrogen-bond acceptors (Lipinski definition) is 5. The molecule has 29 heavy (non-hydrogen) atoms. The number of aromatic amines is 2. The number of para-hydroxylation sites is 1. The Balaban J connectivity index is 1.96. The van der Waals surface area contributed by atoms with Gasteiger partial charge in [-0.2, -0.15) is 0 Å². The Kier molecular flexibility index (Phi) is 4.71. The number of tetrazole rings is 1. The van der Waals surface area contributed by atoms with Gasteiger partial charge in [-0.05, 0) is 39.6 Å². The lowest BCUT2D eigenvalue weighted by molar-refractivity contribution is 0.521. The minimum Gasteiger partial charge on any atom is -0.351 e. The first-order valence-electron chi connectivity index (χ1n) is 9.22. The first-order chi connectivity index (χ1) is 13.8. The molecule has 4 rings (SSSR count). The fourth-order valence-corrected chi connectivity index (χ4v) is 4.37. The minimum absolute atomic E-state index is 0.247. The Morgan fingerprint density at radius 2 is 1.76 bits per heavy atom. The fourth-order valence-electron chi connectivity index (χ4n) is 3.47. The molecule has 0 fully saturated rings. The lowest BCUT2D eigenvalue weighted by atomic mass is 9.97. The van der Waals surface area contributed by atoms with Crippen LogP contribution in [0.3, 0.4) is 0 Å². The molecule has 0 saturated carbocycles. The van der Waals surface area contributed by atoms with Gasteiger partial charge in [0.05, 0.1) is 16.1 Å². The second-order valence-corrected chi connectivity index (χ2v) is 9.51. The smallest absolute Gasteiger partial charge is 0.242 e. The van der Waals surface area contributed by atoms with Gasteiger partial charge in [0.25, 0.3) is 0 Å². The fraction of sp³-hybridized carbons (Fsp3) is 0.250. The van der Waals surface area contributed by atoms with Gasteiger partial charge in [-0.3, -0.25) is 0 Å². The second kappa shape index (κ2) is 7.09. The molecule has 0 spiro atoms. The van der Waals surface area contributed by atoms with Crippen LogP contribution in [0.5, 0.6) is 0 Å². The van der Waals surface area contributed by atoms with Crippen LogP contribution in [0.4, 0.5) is 0 Å². The molecular weight excluding hydrogens is 388 g/mol. The summed E-state index contributed by atoms with van der Waals surface area (Å²) in [4.78, 5) is 3.72. The van der Waals surface area contributed by atoms with E-state index in [4.69, 9.17) is 0 Å². The van der Waals surface area contributed by atoms with E-state index < -0.39 is 10.0 Å². The van der Waals surface area contributed by atoms with E-state index >= 15 is 0 Å². The van der Waals surface area contributed by atoms with Gasteiger partial charge < -0.3 is 4.98 Å². The van der Waals surface area contributed by atoms with Crippen molar-refractivity contribution in [2.24, 2.45) is 0 Å². The molecule has 0 aliphatic carbocycles. The molecule has 9 heteroatoms. The minimum atomic E-state index is -3.49. The summed E-state index contributed by atoms with van der Waals surface area (Å²) in [7, 11) is -0.451. The molecule has 0 atom stereocenters. The van der Waals surface area contributed by atoms with Crippen molar-refractivity contribution in [1.82, 2.24) is 29.9 Å². The van der Waals surface area contributed by atoms with Gasteiger partial charge in [0.15, 0.2) is 5.82 Å². The number of rotatable bonds is 5. The van der Waals surface area contributed by atoms with Crippen molar-refractivity contribution in [2.75, 3.05) is 14.1 Å². The van der Waals surface area contributed by atoms with Crippen LogP contribution in [-0.4, -0.2) is 52.4 Å². The van der Waals surface area contributed by atoms with Crippen LogP contribution >= 0.6 is 0 Å². The van der Waals surface area contributed by atoms with Crippen LogP contribution in [-0.2, 0) is 10.0 Å². The summed E-state index contributed by atoms with van der Waals surface area (Å²) in [5.74, 6) is 0.856. The monoisotopic (exact) mass is 410 g/mol. The van der Waals surface area contributed by atoms with E-state index in [1.807, 2.05) is 24.3 Å². The van der Waals surface area contributed by atoms with Gasteiger partial charge in [0.2, 0.25) is 10.0 Å². The lowest BCUT2D eigenvalue weighted by Crippen LogP contribution is -2.22. The van der Waals surface area contributed by atoms with Crippen molar-refractivity contribution in [1.29, 1.82) is 0 Å². The number of nitrogens with one attached hydrogen (secondary N) is 2. The highest BCUT2D eigenvalue weighted by atomic mass is 32.2. The highest BCUT2D eigenvalue weighted by Gasteiger charge is 2.21. The summed E-state index contributed by atoms with van der Waals surface area (Å²) in [5, 5.41) is 15.3. The molecule has 0 aliphatic rings. The van der Waals surface area contributed by atoms with Gasteiger partial charge in [-0.15, -0.1) is 5.10 Å². The van der Waals surface area contributed by atoms with Crippen LogP contribution in [0, 0.1) is 0 Å². The van der Waals surface area contributed by atoms with Crippen molar-refractivity contribution in [3.63, 3.8) is 0 Å². The number of aromatic nitrogens is 5. The molecule has 0 aliphatic heterocycles. The molecule has 0 saturated heterocycles. The zero-order valence-electron chi connectivity index (χ0n) is 16.6. The molecule has 0 unspecified atom stereocenters. The number of hydrogen-bond donors (Lipinski definition) is 2. The van der Waals surface area contributed by atoms with E-state index in [0.717, 1.165) is 27.7 Å². The third-order valence-corrected chi connectivity index (χ3v) is 6.82. The Morgan fingerprint density at radius 1 is 1.03 bits per heavy atom. The number of fused-ring (bicyclic) bond motifs is 1. The van der Waals surface area contributed by atoms with E-state index in [9.17, 15) is 8.42 Å². The third kappa shape index (κ3) is 3.22. The highest BCUT2D eigenvalue weighted by Crippen LogP contribution is 2.39. The predicted molar refractivity (Wildman–Crippen MR) is 112 cm³/mol. The molecule has 2 aromatic heterocycles. The Bertz CT molecular complexity index is 1260. The largest absolute Gasteiger partial charge is 0.351 e. The number of nitrogens with zero attached hydrogens (tertiary/aromatic N) is 4. The summed E-state index contributed by atoms with van der Waals surface area (Å²) in [6.07, 6.45) is 0. The number of H-pyrrole nitrogens is 2. The van der Waals surface area contributed by atoms with Crippen molar-refractivity contribution < 1.29 is 8.42 Å². The summed E-state index contributed by atoms with van der Waals surface area (Å²) in [6, 6.07) is 13.1. The SMILES string of the molecule is CC(C)c1cccc2c(-c3ccc(S(=O)(=O)N(C)C)cc3)c(-c3nnn[nH]3)[nH]c12. The maximum Gasteiger partial charge on any atom is 0.242 e. The number of benzene rings is 2. The predicted octanol–water partition coefficient (Wildman–Crippen LogP) is 3.39. The Labute approximate surface area is 169 Å². The van der Waals surface area contributed by atoms with E-state index in [-0.39, 0.29) is 4.90 Å². The van der Waals surface area contributed by atoms with E-state index in [1.165, 1.54) is 24.0 Å². The standard InChI is InChI=1S/C20H22N6O2S/c1-12(2)15-6-5-7-16-17(19(21-18(15)16)20-22-24-25-23-20)13-8-10-14(11-9-13)29(27,28)26(3)4/h5-12,21H,1-4H3,(H,22,23,24,25). The van der Waals surface area contributed by atoms with Gasteiger partial charge in [0, 0.05) is 25.0 Å². The molecule has 2 N–H and O–H groups in total. The summed E-state index contributed by atoms with van der Waals surface area (Å²) >= 11 is 0. The average Bonchev–Trinajstić information content (AvgIpc) is 3.35. The first-order valence-corrected chi connectivity index (χ1v) is 10.7. The van der Waals surface area contributed by atoms with E-state index in [2.05, 4.69) is 45.5 Å². The summed E-state index contributed by atoms with van der Waals surface area (Å²) < 4.78 is 26.0. The molecule has 2 heterocycles. The van der Waals surface area contributed by atoms with Crippen molar-refractivity contribution >= 4 is 20.9 Å². The molecular formula is C20H22N6O2S. The highest BCUT2D eigenvalue weighted by molar-refractivity contribution is 7.89. The zero-order valence-corrected chi connectivity index (χ0v) is 17.4. The normalized spacial score (nSPS) is 12.3. The third-order valence-electron chi connectivity index (χ3n) is 4.99. The van der Waals surface area contributed by atoms with Crippen LogP contribution in [0.1, 0.15) is 25.3 Å². The number of sulfonamides is 1. The molecule has 0 amide bonds. The van der Waals surface area contributed by atoms with Crippen molar-refractivity contribution in [3.8, 4) is 22.6 Å². The molecule has 0 bridgehead atoms. The summed E-state index contributed by atoms with van der Waals surface area (Å²) in [6.45, 7) is 4.29. The van der Waals surface area contributed by atoms with Crippen LogP contribution in [0.25, 0.3) is 33.5 Å². The Hall–Kier alpha value is -3.04. The van der Waals surface area contributed by atoms with Gasteiger partial charge in [0.1, 0.15) is 0 Å². The van der Waals surface area contributed by atoms with Crippen LogP contribution in [0.15, 0.2) is 47.4 Å². The zero-order chi connectivity index (χ0) is 20.8. The average molecular weight is 411 g/mol. The van der Waals surface area contributed by atoms with Crippen LogP contribution < -0.4 is 0 Å². The maximum atomic E-state index is 12.4. The second-order valence-electron chi connectivity index (χ2n) is 7.36. The van der Waals surface area contributed by atoms with Crippen molar-refractivity contribution in [2.45, 2.75) is 24.7 Å². The van der Waals surface area contributed by atoms with Gasteiger partial charge in [-0.25, -0.2) is 17.8 Å². The molecule has 8 nitrogen and oxygen atoms in total. The van der Waals surface area contributed by atoms with Gasteiger partial charge in [-0.1, -0.05) is 44.2 Å². The quantitative estimate of drug-likeness (QED) is 0.524. The molecule has 150 valence electrons. The maximum absolute atomic E-state index is 12.4. The van der Waals surface area contributed by atoms with Crippen molar-refractivity contribution in [3.05, 3.63) is 48.0 Å². The van der Waals surface area contributed by atoms with Crippen LogP contribution in [0.2, 0.25) is 0 Å². The van der Waals surface area contributed by atoms with E-state index in [0.29, 0.717) is 11.7 Å². The Morgan fingerprint density at radius 3 is 2.34 bits per heavy atom. The molecule has 4 aromatic rings. The molecule has 0 radical (unpaired) electrons. The van der Waals surface area contributed by atoms with Gasteiger partial charge >= 0.3 is 0 Å². The molecule has 2 aromatic carbocycles. The lowest BCUT2D eigenvalue weighted by Gasteiger charge is -2.12. The topological polar surface area (TPSA) is 108 Å². The first kappa shape index (κ1) is 19.3. The summed E-state index contributed by atoms with van der Waals surface area (Å²) in [5.41, 5.74) is 4.78.